The number of aromatic nitrogens is 2. The van der Waals surface area contributed by atoms with Crippen LogP contribution in [0.25, 0.3) is 11.1 Å². The Morgan fingerprint density at radius 3 is 2.12 bits per heavy atom. The minimum Gasteiger partial charge on any atom is -0.355 e. The van der Waals surface area contributed by atoms with Gasteiger partial charge in [0, 0.05) is 47.9 Å². The molecule has 6 nitrogen and oxygen atoms in total. The summed E-state index contributed by atoms with van der Waals surface area (Å²) in [6.07, 6.45) is 6.86. The maximum atomic E-state index is 11.8. The number of benzene rings is 1. The van der Waals surface area contributed by atoms with E-state index < -0.39 is 5.41 Å². The van der Waals surface area contributed by atoms with Crippen molar-refractivity contribution >= 4 is 17.9 Å². The van der Waals surface area contributed by atoms with E-state index in [1.54, 1.807) is 40.1 Å². The molecular formula is C26H34N4O2. The van der Waals surface area contributed by atoms with E-state index in [0.29, 0.717) is 5.57 Å². The molecule has 1 aromatic heterocycles. The van der Waals surface area contributed by atoms with E-state index in [4.69, 9.17) is 0 Å². The van der Waals surface area contributed by atoms with Crippen LogP contribution in [0.1, 0.15) is 51.6 Å². The molecule has 0 atom stereocenters. The minimum absolute atomic E-state index is 0.0943. The summed E-state index contributed by atoms with van der Waals surface area (Å²) in [6, 6.07) is 6.15. The molecule has 0 saturated carbocycles. The largest absolute Gasteiger partial charge is 0.355 e. The van der Waals surface area contributed by atoms with Gasteiger partial charge in [-0.2, -0.15) is 0 Å². The van der Waals surface area contributed by atoms with Crippen LogP contribution in [0.4, 0.5) is 0 Å². The standard InChI is InChI=1S/C17H20N2O.C9H14N2O/c1-11-8-14(15-9-18-13(3)19-10-15)6-7-16(11)17(4,5)12(2)20;1-7(2)11-6-5-8(3)9(12)10-4/h6-10H,1-5H3;5-6H,1H2,2-4H3,(H,10,12)/b;8-5+,11-6?. The third-order valence-corrected chi connectivity index (χ3v) is 5.10. The molecule has 0 saturated heterocycles. The Hall–Kier alpha value is -3.41. The Labute approximate surface area is 191 Å². The molecule has 0 fully saturated rings. The Bertz CT molecular complexity index is 1030. The molecule has 0 aliphatic rings. The Morgan fingerprint density at radius 1 is 1.06 bits per heavy atom. The van der Waals surface area contributed by atoms with Crippen LogP contribution < -0.4 is 5.32 Å². The van der Waals surface area contributed by atoms with Crippen molar-refractivity contribution in [3.8, 4) is 11.1 Å². The molecule has 1 amide bonds. The first kappa shape index (κ1) is 26.6. The molecule has 0 spiro atoms. The smallest absolute Gasteiger partial charge is 0.246 e. The van der Waals surface area contributed by atoms with Crippen molar-refractivity contribution in [1.29, 1.82) is 0 Å². The first-order chi connectivity index (χ1) is 14.9. The molecule has 0 bridgehead atoms. The number of rotatable bonds is 6. The van der Waals surface area contributed by atoms with E-state index in [2.05, 4.69) is 32.9 Å². The number of nitrogens with one attached hydrogen (secondary N) is 1. The van der Waals surface area contributed by atoms with E-state index >= 15 is 0 Å². The van der Waals surface area contributed by atoms with Crippen LogP contribution in [-0.4, -0.2) is 34.9 Å². The molecule has 0 aliphatic carbocycles. The first-order valence-electron chi connectivity index (χ1n) is 10.4. The fraction of sp³-hybridized carbons (Fsp3) is 0.346. The number of nitrogens with zero attached hydrogens (tertiary/aromatic N) is 3. The first-order valence-corrected chi connectivity index (χ1v) is 10.4. The maximum absolute atomic E-state index is 11.8. The van der Waals surface area contributed by atoms with Crippen LogP contribution in [0.3, 0.4) is 0 Å². The molecule has 1 heterocycles. The monoisotopic (exact) mass is 434 g/mol. The zero-order valence-electron chi connectivity index (χ0n) is 20.4. The lowest BCUT2D eigenvalue weighted by atomic mass is 9.78. The molecule has 170 valence electrons. The topological polar surface area (TPSA) is 84.3 Å². The summed E-state index contributed by atoms with van der Waals surface area (Å²) in [6.45, 7) is 16.6. The van der Waals surface area contributed by atoms with Crippen LogP contribution in [0.15, 0.2) is 59.5 Å². The summed E-state index contributed by atoms with van der Waals surface area (Å²) in [5.41, 5.74) is 5.15. The van der Waals surface area contributed by atoms with Crippen LogP contribution in [-0.2, 0) is 15.0 Å². The molecule has 0 radical (unpaired) electrons. The number of aryl methyl sites for hydroxylation is 2. The summed E-state index contributed by atoms with van der Waals surface area (Å²) in [5.74, 6) is 0.843. The van der Waals surface area contributed by atoms with Crippen molar-refractivity contribution in [1.82, 2.24) is 15.3 Å². The molecule has 2 rings (SSSR count). The van der Waals surface area contributed by atoms with E-state index in [1.165, 1.54) is 0 Å². The Morgan fingerprint density at radius 2 is 1.66 bits per heavy atom. The highest BCUT2D eigenvalue weighted by molar-refractivity contribution is 5.96. The zero-order valence-corrected chi connectivity index (χ0v) is 20.4. The van der Waals surface area contributed by atoms with Gasteiger partial charge in [0.25, 0.3) is 0 Å². The van der Waals surface area contributed by atoms with Crippen molar-refractivity contribution in [3.63, 3.8) is 0 Å². The van der Waals surface area contributed by atoms with Gasteiger partial charge in [-0.3, -0.25) is 14.6 Å². The lowest BCUT2D eigenvalue weighted by Crippen LogP contribution is -2.27. The highest BCUT2D eigenvalue weighted by atomic mass is 16.1. The predicted molar refractivity (Wildman–Crippen MR) is 132 cm³/mol. The molecule has 0 unspecified atom stereocenters. The summed E-state index contributed by atoms with van der Waals surface area (Å²) in [7, 11) is 1.59. The number of aliphatic imine (C=N–C) groups is 1. The van der Waals surface area contributed by atoms with Crippen molar-refractivity contribution < 1.29 is 9.59 Å². The molecule has 1 aromatic carbocycles. The number of hydrogen-bond acceptors (Lipinski definition) is 5. The fourth-order valence-corrected chi connectivity index (χ4v) is 2.82. The molecule has 1 N–H and O–H groups in total. The van der Waals surface area contributed by atoms with Crippen molar-refractivity contribution in [3.05, 3.63) is 71.5 Å². The quantitative estimate of drug-likeness (QED) is 0.517. The van der Waals surface area contributed by atoms with Gasteiger partial charge in [0.05, 0.1) is 0 Å². The zero-order chi connectivity index (χ0) is 24.5. The SMILES string of the molecule is C=C(C)N=C/C=C(\C)C(=O)NC.CC(=O)C(C)(C)c1ccc(-c2cnc(C)nc2)cc1C. The summed E-state index contributed by atoms with van der Waals surface area (Å²) >= 11 is 0. The number of Topliss-reactive ketones (excluding diaryl/α,β-unsaturated/α-hetero) is 1. The number of hydrogen-bond donors (Lipinski definition) is 1. The van der Waals surface area contributed by atoms with Crippen LogP contribution in [0.2, 0.25) is 0 Å². The van der Waals surface area contributed by atoms with Gasteiger partial charge < -0.3 is 5.32 Å². The van der Waals surface area contributed by atoms with Gasteiger partial charge in [0.1, 0.15) is 11.6 Å². The van der Waals surface area contributed by atoms with Gasteiger partial charge in [-0.25, -0.2) is 9.97 Å². The Kier molecular flexibility index (Phi) is 9.85. The molecular weight excluding hydrogens is 400 g/mol. The highest BCUT2D eigenvalue weighted by Crippen LogP contribution is 2.30. The summed E-state index contributed by atoms with van der Waals surface area (Å²) in [4.78, 5) is 35.1. The second-order valence-corrected chi connectivity index (χ2v) is 8.17. The highest BCUT2D eigenvalue weighted by Gasteiger charge is 2.27. The van der Waals surface area contributed by atoms with Crippen LogP contribution in [0.5, 0.6) is 0 Å². The number of carbonyl (C=O) groups is 2. The van der Waals surface area contributed by atoms with Crippen LogP contribution >= 0.6 is 0 Å². The number of amides is 1. The number of allylic oxidation sites excluding steroid dienone is 2. The molecule has 6 heteroatoms. The van der Waals surface area contributed by atoms with E-state index in [1.807, 2.05) is 52.2 Å². The lowest BCUT2D eigenvalue weighted by molar-refractivity contribution is -0.121. The average molecular weight is 435 g/mol. The predicted octanol–water partition coefficient (Wildman–Crippen LogP) is 4.91. The summed E-state index contributed by atoms with van der Waals surface area (Å²) in [5, 5.41) is 2.51. The van der Waals surface area contributed by atoms with E-state index in [9.17, 15) is 9.59 Å². The van der Waals surface area contributed by atoms with Gasteiger partial charge >= 0.3 is 0 Å². The molecule has 0 aliphatic heterocycles. The van der Waals surface area contributed by atoms with Crippen molar-refractivity contribution in [2.24, 2.45) is 4.99 Å². The summed E-state index contributed by atoms with van der Waals surface area (Å²) < 4.78 is 0. The van der Waals surface area contributed by atoms with Gasteiger partial charge in [0.15, 0.2) is 0 Å². The van der Waals surface area contributed by atoms with Gasteiger partial charge in [-0.05, 0) is 71.2 Å². The van der Waals surface area contributed by atoms with E-state index in [0.717, 1.165) is 33.8 Å². The normalized spacial score (nSPS) is 11.6. The Balaban J connectivity index is 0.000000368. The second-order valence-electron chi connectivity index (χ2n) is 8.17. The minimum atomic E-state index is -0.452. The van der Waals surface area contributed by atoms with Gasteiger partial charge in [-0.15, -0.1) is 0 Å². The van der Waals surface area contributed by atoms with Crippen LogP contribution in [0, 0.1) is 13.8 Å². The number of carbonyl (C=O) groups excluding carboxylic acids is 2. The third kappa shape index (κ3) is 7.69. The molecule has 32 heavy (non-hydrogen) atoms. The number of likely N-dealkylation sites (N-methyl/N-ethyl adjacent to an activating group) is 1. The van der Waals surface area contributed by atoms with Crippen molar-refractivity contribution in [2.75, 3.05) is 7.05 Å². The molecule has 2 aromatic rings. The fourth-order valence-electron chi connectivity index (χ4n) is 2.82. The van der Waals surface area contributed by atoms with Gasteiger partial charge in [-0.1, -0.05) is 24.8 Å². The van der Waals surface area contributed by atoms with E-state index in [-0.39, 0.29) is 11.7 Å². The lowest BCUT2D eigenvalue weighted by Gasteiger charge is -2.24. The average Bonchev–Trinajstić information content (AvgIpc) is 2.73. The second kappa shape index (κ2) is 11.8. The third-order valence-electron chi connectivity index (χ3n) is 5.10. The van der Waals surface area contributed by atoms with Crippen molar-refractivity contribution in [2.45, 2.75) is 53.9 Å². The number of ketones is 1. The van der Waals surface area contributed by atoms with Gasteiger partial charge in [0.2, 0.25) is 5.91 Å². The maximum Gasteiger partial charge on any atom is 0.246 e.